The Morgan fingerprint density at radius 1 is 1.00 bits per heavy atom. The minimum Gasteiger partial charge on any atom is -0.284 e. The molecule has 1 N–H and O–H groups in total. The zero-order valence-corrected chi connectivity index (χ0v) is 12.1. The van der Waals surface area contributed by atoms with Gasteiger partial charge in [0, 0.05) is 36.0 Å². The Labute approximate surface area is 130 Å². The Kier molecular flexibility index (Phi) is 4.42. The lowest BCUT2D eigenvalue weighted by Crippen LogP contribution is -2.19. The molecule has 8 nitrogen and oxygen atoms in total. The number of rotatable bonds is 5. The van der Waals surface area contributed by atoms with E-state index in [1.807, 2.05) is 0 Å². The van der Waals surface area contributed by atoms with Gasteiger partial charge < -0.3 is 0 Å². The number of nitro benzene ring substituents is 2. The summed E-state index contributed by atoms with van der Waals surface area (Å²) in [4.78, 5) is 20.3. The third-order valence-corrected chi connectivity index (χ3v) is 3.17. The van der Waals surface area contributed by atoms with E-state index >= 15 is 0 Å². The first-order valence-electron chi connectivity index (χ1n) is 6.10. The van der Waals surface area contributed by atoms with Gasteiger partial charge in [-0.3, -0.25) is 25.7 Å². The quantitative estimate of drug-likeness (QED) is 0.510. The van der Waals surface area contributed by atoms with E-state index in [-0.39, 0.29) is 11.4 Å². The van der Waals surface area contributed by atoms with Crippen molar-refractivity contribution in [3.63, 3.8) is 0 Å². The van der Waals surface area contributed by atoms with Crippen molar-refractivity contribution in [2.45, 2.75) is 6.92 Å². The molecule has 2 aromatic rings. The molecule has 0 aliphatic carbocycles. The number of hydrogen-bond acceptors (Lipinski definition) is 6. The predicted molar refractivity (Wildman–Crippen MR) is 82.9 cm³/mol. The lowest BCUT2D eigenvalue weighted by atomic mass is 10.2. The molecule has 0 aliphatic heterocycles. The maximum Gasteiger partial charge on any atom is 0.269 e. The van der Waals surface area contributed by atoms with Gasteiger partial charge in [0.25, 0.3) is 11.4 Å². The van der Waals surface area contributed by atoms with Crippen molar-refractivity contribution in [2.75, 3.05) is 9.95 Å². The summed E-state index contributed by atoms with van der Waals surface area (Å²) in [6.07, 6.45) is 0. The maximum atomic E-state index is 10.7. The lowest BCUT2D eigenvalue weighted by molar-refractivity contribution is -0.385. The SMILES string of the molecule is Cc1cc([N+](=O)[O-])ccc1N(Cl)Nc1ccc([N+](=O)[O-])cc1. The van der Waals surface area contributed by atoms with Crippen LogP contribution in [0.1, 0.15) is 5.56 Å². The summed E-state index contributed by atoms with van der Waals surface area (Å²) in [6, 6.07) is 9.96. The molecule has 0 saturated carbocycles. The van der Waals surface area contributed by atoms with Gasteiger partial charge in [0.2, 0.25) is 0 Å². The molecular weight excluding hydrogens is 312 g/mol. The number of nitrogens with zero attached hydrogens (tertiary/aromatic N) is 3. The average Bonchev–Trinajstić information content (AvgIpc) is 2.47. The molecule has 0 bridgehead atoms. The van der Waals surface area contributed by atoms with Gasteiger partial charge in [-0.1, -0.05) is 0 Å². The Morgan fingerprint density at radius 3 is 2.05 bits per heavy atom. The van der Waals surface area contributed by atoms with Crippen LogP contribution in [0, 0.1) is 27.2 Å². The van der Waals surface area contributed by atoms with Gasteiger partial charge in [-0.15, -0.1) is 0 Å². The fraction of sp³-hybridized carbons (Fsp3) is 0.0769. The second-order valence-electron chi connectivity index (χ2n) is 4.42. The fourth-order valence-corrected chi connectivity index (χ4v) is 2.09. The zero-order chi connectivity index (χ0) is 16.3. The molecule has 0 spiro atoms. The van der Waals surface area contributed by atoms with Crippen LogP contribution in [0.25, 0.3) is 0 Å². The van der Waals surface area contributed by atoms with E-state index in [2.05, 4.69) is 5.43 Å². The molecule has 114 valence electrons. The molecule has 0 atom stereocenters. The summed E-state index contributed by atoms with van der Waals surface area (Å²) < 4.78 is 1.17. The molecule has 0 unspecified atom stereocenters. The number of hydrazine groups is 1. The van der Waals surface area contributed by atoms with E-state index in [1.165, 1.54) is 47.0 Å². The topological polar surface area (TPSA) is 102 Å². The van der Waals surface area contributed by atoms with Gasteiger partial charge >= 0.3 is 0 Å². The van der Waals surface area contributed by atoms with Crippen molar-refractivity contribution in [3.05, 3.63) is 68.3 Å². The van der Waals surface area contributed by atoms with Crippen LogP contribution in [0.2, 0.25) is 0 Å². The number of anilines is 2. The summed E-state index contributed by atoms with van der Waals surface area (Å²) in [6.45, 7) is 1.69. The first-order chi connectivity index (χ1) is 10.4. The molecule has 0 heterocycles. The molecule has 9 heteroatoms. The van der Waals surface area contributed by atoms with Gasteiger partial charge in [-0.05, 0) is 30.7 Å². The number of aryl methyl sites for hydroxylation is 1. The van der Waals surface area contributed by atoms with Crippen molar-refractivity contribution in [2.24, 2.45) is 0 Å². The molecule has 0 radical (unpaired) electrons. The standard InChI is InChI=1S/C13H11ClN4O4/c1-9-8-12(18(21)22)6-7-13(9)16(14)15-10-2-4-11(5-3-10)17(19)20/h2-8,15H,1H3. The van der Waals surface area contributed by atoms with E-state index in [1.54, 1.807) is 6.92 Å². The Morgan fingerprint density at radius 2 is 1.55 bits per heavy atom. The summed E-state index contributed by atoms with van der Waals surface area (Å²) in [5.41, 5.74) is 4.45. The van der Waals surface area contributed by atoms with E-state index < -0.39 is 9.85 Å². The highest BCUT2D eigenvalue weighted by atomic mass is 35.5. The lowest BCUT2D eigenvalue weighted by Gasteiger charge is -2.19. The molecule has 0 fully saturated rings. The van der Waals surface area contributed by atoms with Crippen LogP contribution in [-0.4, -0.2) is 9.85 Å². The van der Waals surface area contributed by atoms with Crippen molar-refractivity contribution in [1.82, 2.24) is 0 Å². The number of hydrogen-bond donors (Lipinski definition) is 1. The van der Waals surface area contributed by atoms with Gasteiger partial charge in [0.15, 0.2) is 0 Å². The minimum absolute atomic E-state index is 0.0262. The highest BCUT2D eigenvalue weighted by Gasteiger charge is 2.13. The molecule has 0 aromatic heterocycles. The number of nitrogens with one attached hydrogen (secondary N) is 1. The van der Waals surface area contributed by atoms with Crippen LogP contribution < -0.4 is 9.95 Å². The van der Waals surface area contributed by atoms with E-state index in [0.717, 1.165) is 0 Å². The van der Waals surface area contributed by atoms with Gasteiger partial charge in [-0.25, -0.2) is 0 Å². The molecular formula is C13H11ClN4O4. The Balaban J connectivity index is 2.16. The van der Waals surface area contributed by atoms with Crippen LogP contribution in [0.15, 0.2) is 42.5 Å². The van der Waals surface area contributed by atoms with Crippen LogP contribution in [-0.2, 0) is 0 Å². The third kappa shape index (κ3) is 3.41. The highest BCUT2D eigenvalue weighted by molar-refractivity contribution is 6.26. The number of benzene rings is 2. The molecule has 0 aliphatic rings. The first-order valence-corrected chi connectivity index (χ1v) is 6.44. The average molecular weight is 323 g/mol. The molecule has 0 saturated heterocycles. The second-order valence-corrected chi connectivity index (χ2v) is 4.76. The number of halogens is 1. The van der Waals surface area contributed by atoms with Crippen molar-refractivity contribution < 1.29 is 9.85 Å². The van der Waals surface area contributed by atoms with E-state index in [4.69, 9.17) is 11.8 Å². The summed E-state index contributed by atoms with van der Waals surface area (Å²) in [5.74, 6) is 0. The normalized spacial score (nSPS) is 10.1. The van der Waals surface area contributed by atoms with Crippen LogP contribution >= 0.6 is 11.8 Å². The summed E-state index contributed by atoms with van der Waals surface area (Å²) in [7, 11) is 0. The molecule has 2 rings (SSSR count). The second kappa shape index (κ2) is 6.27. The van der Waals surface area contributed by atoms with E-state index in [9.17, 15) is 20.2 Å². The van der Waals surface area contributed by atoms with Crippen LogP contribution in [0.4, 0.5) is 22.7 Å². The maximum absolute atomic E-state index is 10.7. The molecule has 2 aromatic carbocycles. The third-order valence-electron chi connectivity index (χ3n) is 2.91. The van der Waals surface area contributed by atoms with Gasteiger partial charge in [0.05, 0.1) is 21.2 Å². The van der Waals surface area contributed by atoms with Crippen molar-refractivity contribution in [1.29, 1.82) is 0 Å². The van der Waals surface area contributed by atoms with Crippen LogP contribution in [0.5, 0.6) is 0 Å². The van der Waals surface area contributed by atoms with Gasteiger partial charge in [0.1, 0.15) is 0 Å². The number of non-ortho nitro benzene ring substituents is 2. The van der Waals surface area contributed by atoms with Crippen molar-refractivity contribution in [3.8, 4) is 0 Å². The van der Waals surface area contributed by atoms with Gasteiger partial charge in [-0.2, -0.15) is 4.53 Å². The molecule has 22 heavy (non-hydrogen) atoms. The van der Waals surface area contributed by atoms with Crippen LogP contribution in [0.3, 0.4) is 0 Å². The first kappa shape index (κ1) is 15.5. The highest BCUT2D eigenvalue weighted by Crippen LogP contribution is 2.27. The smallest absolute Gasteiger partial charge is 0.269 e. The predicted octanol–water partition coefficient (Wildman–Crippen LogP) is 3.80. The zero-order valence-electron chi connectivity index (χ0n) is 11.4. The van der Waals surface area contributed by atoms with E-state index in [0.29, 0.717) is 16.9 Å². The summed E-state index contributed by atoms with van der Waals surface area (Å²) in [5, 5.41) is 21.3. The Hall–Kier alpha value is -2.87. The largest absolute Gasteiger partial charge is 0.284 e. The van der Waals surface area contributed by atoms with Crippen molar-refractivity contribution >= 4 is 34.5 Å². The fourth-order valence-electron chi connectivity index (χ4n) is 1.80. The Bertz CT molecular complexity index is 720. The molecule has 0 amide bonds. The number of nitro groups is 2. The monoisotopic (exact) mass is 322 g/mol. The minimum atomic E-state index is -0.497. The summed E-state index contributed by atoms with van der Waals surface area (Å²) >= 11 is 6.10.